The summed E-state index contributed by atoms with van der Waals surface area (Å²) in [5, 5.41) is 0.520. The molecule has 1 aromatic carbocycles. The van der Waals surface area contributed by atoms with Gasteiger partial charge in [0, 0.05) is 11.2 Å². The highest BCUT2D eigenvalue weighted by Crippen LogP contribution is 2.33. The molecular weight excluding hydrogens is 289 g/mol. The first-order valence-corrected chi connectivity index (χ1v) is 6.28. The van der Waals surface area contributed by atoms with Crippen molar-refractivity contribution in [1.29, 1.82) is 0 Å². The topological polar surface area (TPSA) is 38.9 Å². The van der Waals surface area contributed by atoms with E-state index in [1.807, 2.05) is 0 Å². The summed E-state index contributed by atoms with van der Waals surface area (Å²) in [4.78, 5) is 3.79. The second kappa shape index (κ2) is 5.81. The van der Waals surface area contributed by atoms with Gasteiger partial charge in [-0.3, -0.25) is 4.98 Å². The van der Waals surface area contributed by atoms with Crippen LogP contribution in [0.3, 0.4) is 0 Å². The minimum atomic E-state index is -4.46. The highest BCUT2D eigenvalue weighted by atomic mass is 35.5. The zero-order chi connectivity index (χ0) is 14.8. The van der Waals surface area contributed by atoms with Crippen molar-refractivity contribution >= 4 is 11.6 Å². The highest BCUT2D eigenvalue weighted by molar-refractivity contribution is 6.30. The molecule has 2 N–H and O–H groups in total. The fraction of sp³-hybridized carbons (Fsp3) is 0.214. The number of benzene rings is 1. The van der Waals surface area contributed by atoms with Crippen LogP contribution < -0.4 is 5.73 Å². The molecule has 1 heterocycles. The maximum Gasteiger partial charge on any atom is 0.418 e. The van der Waals surface area contributed by atoms with E-state index in [9.17, 15) is 13.2 Å². The Morgan fingerprint density at radius 1 is 1.20 bits per heavy atom. The van der Waals surface area contributed by atoms with Gasteiger partial charge in [-0.2, -0.15) is 13.2 Å². The van der Waals surface area contributed by atoms with Crippen molar-refractivity contribution in [2.24, 2.45) is 5.73 Å². The number of nitrogens with zero attached hydrogens (tertiary/aromatic N) is 1. The zero-order valence-electron chi connectivity index (χ0n) is 10.4. The minimum Gasteiger partial charge on any atom is -0.322 e. The van der Waals surface area contributed by atoms with Gasteiger partial charge in [-0.25, -0.2) is 0 Å². The molecule has 2 nitrogen and oxygen atoms in total. The number of rotatable bonds is 3. The van der Waals surface area contributed by atoms with Crippen LogP contribution in [0.4, 0.5) is 13.2 Å². The Bertz CT molecular complexity index is 599. The first-order valence-electron chi connectivity index (χ1n) is 5.90. The van der Waals surface area contributed by atoms with E-state index >= 15 is 0 Å². The van der Waals surface area contributed by atoms with Crippen LogP contribution in [0.2, 0.25) is 5.02 Å². The lowest BCUT2D eigenvalue weighted by atomic mass is 10.00. The summed E-state index contributed by atoms with van der Waals surface area (Å²) < 4.78 is 38.7. The van der Waals surface area contributed by atoms with Crippen molar-refractivity contribution in [1.82, 2.24) is 4.98 Å². The number of aromatic nitrogens is 1. The third-order valence-corrected chi connectivity index (χ3v) is 3.07. The molecule has 1 aromatic heterocycles. The Balaban J connectivity index is 2.28. The van der Waals surface area contributed by atoms with Gasteiger partial charge in [0.05, 0.1) is 17.3 Å². The molecule has 0 radical (unpaired) electrons. The molecule has 0 bridgehead atoms. The van der Waals surface area contributed by atoms with E-state index in [0.29, 0.717) is 5.02 Å². The predicted octanol–water partition coefficient (Wildman–Crippen LogP) is 4.00. The van der Waals surface area contributed by atoms with Crippen molar-refractivity contribution < 1.29 is 13.2 Å². The second-order valence-electron chi connectivity index (χ2n) is 4.37. The number of pyridine rings is 1. The Morgan fingerprint density at radius 2 is 1.95 bits per heavy atom. The summed E-state index contributed by atoms with van der Waals surface area (Å²) in [7, 11) is 0. The van der Waals surface area contributed by atoms with Crippen LogP contribution in [0.5, 0.6) is 0 Å². The summed E-state index contributed by atoms with van der Waals surface area (Å²) in [6.07, 6.45) is -2.92. The standard InChI is InChI=1S/C14H12ClF3N2/c15-10-4-1-3-9(7-10)8-12(19)13-11(14(16,17)18)5-2-6-20-13/h1-7,12H,8,19H2. The molecule has 20 heavy (non-hydrogen) atoms. The Hall–Kier alpha value is -1.59. The molecule has 2 rings (SSSR count). The number of hydrogen-bond acceptors (Lipinski definition) is 2. The second-order valence-corrected chi connectivity index (χ2v) is 4.81. The molecular formula is C14H12ClF3N2. The lowest BCUT2D eigenvalue weighted by Crippen LogP contribution is -2.20. The number of halogens is 4. The summed E-state index contributed by atoms with van der Waals surface area (Å²) in [5.74, 6) is 0. The first kappa shape index (κ1) is 14.8. The normalized spacial score (nSPS) is 13.2. The van der Waals surface area contributed by atoms with Crippen LogP contribution in [0, 0.1) is 0 Å². The van der Waals surface area contributed by atoms with Crippen LogP contribution >= 0.6 is 11.6 Å². The van der Waals surface area contributed by atoms with Gasteiger partial charge in [-0.1, -0.05) is 23.7 Å². The van der Waals surface area contributed by atoms with Crippen LogP contribution in [0.25, 0.3) is 0 Å². The summed E-state index contributed by atoms with van der Waals surface area (Å²) >= 11 is 5.84. The predicted molar refractivity (Wildman–Crippen MR) is 71.3 cm³/mol. The van der Waals surface area contributed by atoms with Gasteiger partial charge >= 0.3 is 6.18 Å². The largest absolute Gasteiger partial charge is 0.418 e. The molecule has 0 saturated carbocycles. The average Bonchev–Trinajstić information content (AvgIpc) is 2.37. The van der Waals surface area contributed by atoms with Crippen molar-refractivity contribution in [2.45, 2.75) is 18.6 Å². The molecule has 106 valence electrons. The SMILES string of the molecule is NC(Cc1cccc(Cl)c1)c1ncccc1C(F)(F)F. The molecule has 6 heteroatoms. The molecule has 0 saturated heterocycles. The average molecular weight is 301 g/mol. The van der Waals surface area contributed by atoms with Gasteiger partial charge in [0.2, 0.25) is 0 Å². The monoisotopic (exact) mass is 300 g/mol. The lowest BCUT2D eigenvalue weighted by molar-refractivity contribution is -0.138. The number of nitrogens with two attached hydrogens (primary N) is 1. The molecule has 1 atom stereocenters. The van der Waals surface area contributed by atoms with E-state index in [0.717, 1.165) is 11.6 Å². The van der Waals surface area contributed by atoms with Crippen molar-refractivity contribution in [3.63, 3.8) is 0 Å². The first-order chi connectivity index (χ1) is 9.38. The van der Waals surface area contributed by atoms with E-state index in [4.69, 9.17) is 17.3 Å². The molecule has 2 aromatic rings. The van der Waals surface area contributed by atoms with E-state index in [1.165, 1.54) is 12.3 Å². The fourth-order valence-corrected chi connectivity index (χ4v) is 2.18. The summed E-state index contributed by atoms with van der Waals surface area (Å²) in [6, 6.07) is 8.26. The summed E-state index contributed by atoms with van der Waals surface area (Å²) in [5.41, 5.74) is 5.69. The Kier molecular flexibility index (Phi) is 4.30. The fourth-order valence-electron chi connectivity index (χ4n) is 1.97. The van der Waals surface area contributed by atoms with E-state index in [-0.39, 0.29) is 12.1 Å². The molecule has 0 aliphatic carbocycles. The summed E-state index contributed by atoms with van der Waals surface area (Å²) in [6.45, 7) is 0. The van der Waals surface area contributed by atoms with Crippen LogP contribution in [-0.4, -0.2) is 4.98 Å². The Morgan fingerprint density at radius 3 is 2.60 bits per heavy atom. The van der Waals surface area contributed by atoms with Crippen LogP contribution in [0.1, 0.15) is 22.9 Å². The van der Waals surface area contributed by atoms with Gasteiger partial charge in [0.25, 0.3) is 0 Å². The van der Waals surface area contributed by atoms with Crippen molar-refractivity contribution in [2.75, 3.05) is 0 Å². The van der Waals surface area contributed by atoms with Gasteiger partial charge < -0.3 is 5.73 Å². The molecule has 0 fully saturated rings. The zero-order valence-corrected chi connectivity index (χ0v) is 11.1. The van der Waals surface area contributed by atoms with Gasteiger partial charge in [0.1, 0.15) is 0 Å². The molecule has 0 aliphatic heterocycles. The number of hydrogen-bond donors (Lipinski definition) is 1. The van der Waals surface area contributed by atoms with Crippen LogP contribution in [-0.2, 0) is 12.6 Å². The molecule has 1 unspecified atom stereocenters. The maximum absolute atomic E-state index is 12.9. The molecule has 0 aliphatic rings. The minimum absolute atomic E-state index is 0.153. The molecule has 0 amide bonds. The van der Waals surface area contributed by atoms with E-state index in [1.54, 1.807) is 24.3 Å². The highest BCUT2D eigenvalue weighted by Gasteiger charge is 2.35. The smallest absolute Gasteiger partial charge is 0.322 e. The van der Waals surface area contributed by atoms with Crippen molar-refractivity contribution in [3.05, 3.63) is 64.4 Å². The van der Waals surface area contributed by atoms with Crippen molar-refractivity contribution in [3.8, 4) is 0 Å². The van der Waals surface area contributed by atoms with Crippen LogP contribution in [0.15, 0.2) is 42.6 Å². The number of alkyl halides is 3. The van der Waals surface area contributed by atoms with E-state index in [2.05, 4.69) is 4.98 Å². The Labute approximate surface area is 119 Å². The van der Waals surface area contributed by atoms with Gasteiger partial charge in [-0.15, -0.1) is 0 Å². The quantitative estimate of drug-likeness (QED) is 0.930. The third kappa shape index (κ3) is 3.49. The lowest BCUT2D eigenvalue weighted by Gasteiger charge is -2.17. The molecule has 0 spiro atoms. The van der Waals surface area contributed by atoms with Gasteiger partial charge in [-0.05, 0) is 36.2 Å². The van der Waals surface area contributed by atoms with E-state index < -0.39 is 17.8 Å². The maximum atomic E-state index is 12.9. The third-order valence-electron chi connectivity index (χ3n) is 2.84. The van der Waals surface area contributed by atoms with Gasteiger partial charge in [0.15, 0.2) is 0 Å².